The maximum absolute atomic E-state index is 12.7. The Bertz CT molecular complexity index is 1080. The molecule has 192 valence electrons. The Labute approximate surface area is 209 Å². The number of aryl methyl sites for hydroxylation is 1. The number of hydrogen-bond acceptors (Lipinski definition) is 5. The minimum absolute atomic E-state index is 0.273. The number of benzene rings is 2. The Kier molecular flexibility index (Phi) is 10.1. The molecule has 2 aromatic rings. The van der Waals surface area contributed by atoms with Crippen LogP contribution in [0.2, 0.25) is 0 Å². The van der Waals surface area contributed by atoms with Crippen molar-refractivity contribution in [2.45, 2.75) is 76.7 Å². The SMILES string of the molecule is CCCC[C@@H](C[C@H](CCc1ccc(-c2ccc(S(C)(=O)=O)cc2)cc1)C(=O)O)C(=O)OC(C)(C)C. The van der Waals surface area contributed by atoms with E-state index >= 15 is 0 Å². The molecule has 0 amide bonds. The number of sulfone groups is 1. The van der Waals surface area contributed by atoms with Crippen LogP contribution in [-0.2, 0) is 30.6 Å². The highest BCUT2D eigenvalue weighted by molar-refractivity contribution is 7.90. The topological polar surface area (TPSA) is 97.7 Å². The van der Waals surface area contributed by atoms with Crippen LogP contribution in [0.1, 0.15) is 65.4 Å². The minimum atomic E-state index is -3.24. The molecule has 0 saturated carbocycles. The molecule has 0 fully saturated rings. The molecule has 2 atom stereocenters. The molecule has 2 rings (SSSR count). The lowest BCUT2D eigenvalue weighted by Crippen LogP contribution is -2.31. The number of carboxylic acid groups (broad SMARTS) is 1. The Hall–Kier alpha value is -2.67. The van der Waals surface area contributed by atoms with Crippen LogP contribution < -0.4 is 0 Å². The first-order valence-electron chi connectivity index (χ1n) is 12.1. The number of carbonyl (C=O) groups excluding carboxylic acids is 1. The molecular weight excluding hydrogens is 464 g/mol. The van der Waals surface area contributed by atoms with Crippen LogP contribution >= 0.6 is 0 Å². The summed E-state index contributed by atoms with van der Waals surface area (Å²) in [5.74, 6) is -2.26. The van der Waals surface area contributed by atoms with Crippen LogP contribution in [0.4, 0.5) is 0 Å². The first-order valence-corrected chi connectivity index (χ1v) is 14.0. The van der Waals surface area contributed by atoms with Gasteiger partial charge in [-0.25, -0.2) is 8.42 Å². The third kappa shape index (κ3) is 9.48. The van der Waals surface area contributed by atoms with Crippen molar-refractivity contribution in [1.29, 1.82) is 0 Å². The number of aliphatic carboxylic acids is 1. The molecule has 0 aromatic heterocycles. The van der Waals surface area contributed by atoms with E-state index in [-0.39, 0.29) is 17.3 Å². The van der Waals surface area contributed by atoms with Crippen LogP contribution in [0, 0.1) is 11.8 Å². The van der Waals surface area contributed by atoms with E-state index in [1.165, 1.54) is 6.26 Å². The number of carboxylic acids is 1. The van der Waals surface area contributed by atoms with Gasteiger partial charge in [-0.05, 0) is 75.3 Å². The second kappa shape index (κ2) is 12.3. The maximum Gasteiger partial charge on any atom is 0.309 e. The normalized spacial score (nSPS) is 13.7. The second-order valence-corrected chi connectivity index (χ2v) is 12.2. The largest absolute Gasteiger partial charge is 0.481 e. The van der Waals surface area contributed by atoms with E-state index in [2.05, 4.69) is 0 Å². The molecule has 1 N–H and O–H groups in total. The summed E-state index contributed by atoms with van der Waals surface area (Å²) in [5, 5.41) is 9.82. The predicted octanol–water partition coefficient (Wildman–Crippen LogP) is 5.93. The first-order chi connectivity index (χ1) is 16.3. The summed E-state index contributed by atoms with van der Waals surface area (Å²) in [5.41, 5.74) is 2.26. The molecule has 0 radical (unpaired) electrons. The van der Waals surface area contributed by atoms with Crippen LogP contribution in [0.3, 0.4) is 0 Å². The highest BCUT2D eigenvalue weighted by Gasteiger charge is 2.30. The molecule has 0 unspecified atom stereocenters. The average Bonchev–Trinajstić information content (AvgIpc) is 2.77. The van der Waals surface area contributed by atoms with Crippen molar-refractivity contribution in [3.8, 4) is 11.1 Å². The molecule has 0 aliphatic heterocycles. The predicted molar refractivity (Wildman–Crippen MR) is 138 cm³/mol. The van der Waals surface area contributed by atoms with Crippen molar-refractivity contribution in [1.82, 2.24) is 0 Å². The monoisotopic (exact) mass is 502 g/mol. The number of carbonyl (C=O) groups is 2. The summed E-state index contributed by atoms with van der Waals surface area (Å²) in [4.78, 5) is 25.0. The molecule has 0 aliphatic rings. The highest BCUT2D eigenvalue weighted by Crippen LogP contribution is 2.27. The van der Waals surface area contributed by atoms with Crippen LogP contribution in [0.25, 0.3) is 11.1 Å². The van der Waals surface area contributed by atoms with Gasteiger partial charge in [-0.1, -0.05) is 56.2 Å². The third-order valence-corrected chi connectivity index (χ3v) is 7.04. The summed E-state index contributed by atoms with van der Waals surface area (Å²) in [6, 6.07) is 14.6. The van der Waals surface area contributed by atoms with Gasteiger partial charge in [0.25, 0.3) is 0 Å². The number of rotatable bonds is 12. The molecule has 35 heavy (non-hydrogen) atoms. The lowest BCUT2D eigenvalue weighted by atomic mass is 9.87. The van der Waals surface area contributed by atoms with Gasteiger partial charge < -0.3 is 9.84 Å². The fourth-order valence-corrected chi connectivity index (χ4v) is 4.58. The number of unbranched alkanes of at least 4 members (excludes halogenated alkanes) is 1. The van der Waals surface area contributed by atoms with Gasteiger partial charge in [0.05, 0.1) is 16.7 Å². The maximum atomic E-state index is 12.7. The van der Waals surface area contributed by atoms with Gasteiger partial charge in [-0.15, -0.1) is 0 Å². The molecule has 2 aromatic carbocycles. The zero-order valence-electron chi connectivity index (χ0n) is 21.4. The molecule has 0 aliphatic carbocycles. The van der Waals surface area contributed by atoms with Gasteiger partial charge in [-0.2, -0.15) is 0 Å². The lowest BCUT2D eigenvalue weighted by molar-refractivity contribution is -0.161. The van der Waals surface area contributed by atoms with E-state index in [1.54, 1.807) is 24.3 Å². The molecule has 0 heterocycles. The summed E-state index contributed by atoms with van der Waals surface area (Å²) in [6.07, 6.45) is 4.88. The quantitative estimate of drug-likeness (QED) is 0.361. The number of esters is 1. The number of hydrogen-bond donors (Lipinski definition) is 1. The van der Waals surface area contributed by atoms with E-state index in [0.717, 1.165) is 29.5 Å². The lowest BCUT2D eigenvalue weighted by Gasteiger charge is -2.25. The van der Waals surface area contributed by atoms with Crippen molar-refractivity contribution in [2.24, 2.45) is 11.8 Å². The van der Waals surface area contributed by atoms with Gasteiger partial charge in [0.2, 0.25) is 0 Å². The van der Waals surface area contributed by atoms with Crippen molar-refractivity contribution in [3.63, 3.8) is 0 Å². The fraction of sp³-hybridized carbons (Fsp3) is 0.500. The molecule has 7 heteroatoms. The molecule has 0 saturated heterocycles. The Morgan fingerprint density at radius 3 is 1.91 bits per heavy atom. The van der Waals surface area contributed by atoms with Crippen LogP contribution in [-0.4, -0.2) is 37.3 Å². The minimum Gasteiger partial charge on any atom is -0.481 e. The van der Waals surface area contributed by atoms with E-state index in [4.69, 9.17) is 4.74 Å². The molecule has 0 spiro atoms. The van der Waals surface area contributed by atoms with Crippen molar-refractivity contribution in [3.05, 3.63) is 54.1 Å². The van der Waals surface area contributed by atoms with Crippen molar-refractivity contribution in [2.75, 3.05) is 6.26 Å². The fourth-order valence-electron chi connectivity index (χ4n) is 3.95. The summed E-state index contributed by atoms with van der Waals surface area (Å²) in [7, 11) is -3.24. The molecular formula is C28H38O6S. The zero-order chi connectivity index (χ0) is 26.2. The van der Waals surface area contributed by atoms with E-state index in [9.17, 15) is 23.1 Å². The van der Waals surface area contributed by atoms with Crippen molar-refractivity contribution < 1.29 is 27.9 Å². The molecule has 0 bridgehead atoms. The van der Waals surface area contributed by atoms with E-state index < -0.39 is 33.2 Å². The van der Waals surface area contributed by atoms with Gasteiger partial charge in [0.1, 0.15) is 5.60 Å². The van der Waals surface area contributed by atoms with Crippen LogP contribution in [0.5, 0.6) is 0 Å². The molecule has 6 nitrogen and oxygen atoms in total. The third-order valence-electron chi connectivity index (χ3n) is 5.92. The van der Waals surface area contributed by atoms with E-state index in [0.29, 0.717) is 19.3 Å². The standard InChI is InChI=1S/C28H38O6S/c1-6-7-8-24(27(31)34-28(2,3)4)19-23(26(29)30)14-11-20-9-12-21(13-10-20)22-15-17-25(18-16-22)35(5,32)33/h9-10,12-13,15-18,23-24H,6-8,11,14,19H2,1-5H3,(H,29,30)/t23-,24-/m0/s1. The summed E-state index contributed by atoms with van der Waals surface area (Å²) >= 11 is 0. The highest BCUT2D eigenvalue weighted by atomic mass is 32.2. The summed E-state index contributed by atoms with van der Waals surface area (Å²) in [6.45, 7) is 7.51. The first kappa shape index (κ1) is 28.6. The Balaban J connectivity index is 2.05. The Morgan fingerprint density at radius 2 is 1.46 bits per heavy atom. The zero-order valence-corrected chi connectivity index (χ0v) is 22.2. The van der Waals surface area contributed by atoms with Crippen molar-refractivity contribution >= 4 is 21.8 Å². The average molecular weight is 503 g/mol. The van der Waals surface area contributed by atoms with E-state index in [1.807, 2.05) is 52.0 Å². The van der Waals surface area contributed by atoms with Gasteiger partial charge >= 0.3 is 11.9 Å². The van der Waals surface area contributed by atoms with Gasteiger partial charge in [0.15, 0.2) is 9.84 Å². The van der Waals surface area contributed by atoms with Gasteiger partial charge in [-0.3, -0.25) is 9.59 Å². The van der Waals surface area contributed by atoms with Gasteiger partial charge in [0, 0.05) is 6.26 Å². The smallest absolute Gasteiger partial charge is 0.309 e. The second-order valence-electron chi connectivity index (χ2n) is 10.2. The Morgan fingerprint density at radius 1 is 0.914 bits per heavy atom. The summed E-state index contributed by atoms with van der Waals surface area (Å²) < 4.78 is 28.9. The number of ether oxygens (including phenoxy) is 1. The van der Waals surface area contributed by atoms with Crippen LogP contribution in [0.15, 0.2) is 53.4 Å².